The average molecular weight is 340 g/mol. The van der Waals surface area contributed by atoms with Gasteiger partial charge in [-0.3, -0.25) is 4.79 Å². The molecule has 2 aromatic carbocycles. The van der Waals surface area contributed by atoms with Crippen molar-refractivity contribution in [2.75, 3.05) is 13.7 Å². The number of ether oxygens (including phenoxy) is 1. The van der Waals surface area contributed by atoms with Crippen LogP contribution < -0.4 is 10.1 Å². The molecule has 3 rings (SSSR count). The normalized spacial score (nSPS) is 10.7. The van der Waals surface area contributed by atoms with E-state index < -0.39 is 0 Å². The Morgan fingerprint density at radius 1 is 1.17 bits per heavy atom. The van der Waals surface area contributed by atoms with Crippen LogP contribution in [0.15, 0.2) is 48.5 Å². The van der Waals surface area contributed by atoms with Crippen molar-refractivity contribution in [2.45, 2.75) is 19.3 Å². The van der Waals surface area contributed by atoms with Gasteiger partial charge >= 0.3 is 0 Å². The van der Waals surface area contributed by atoms with Gasteiger partial charge in [0.25, 0.3) is 0 Å². The van der Waals surface area contributed by atoms with Gasteiger partial charge in [0.05, 0.1) is 28.8 Å². The Morgan fingerprint density at radius 2 is 1.96 bits per heavy atom. The third kappa shape index (κ3) is 4.32. The Kier molecular flexibility index (Phi) is 5.43. The zero-order valence-corrected chi connectivity index (χ0v) is 14.4. The van der Waals surface area contributed by atoms with Crippen LogP contribution in [0.5, 0.6) is 5.75 Å². The highest BCUT2D eigenvalue weighted by Crippen LogP contribution is 2.22. The number of aromatic nitrogens is 1. The molecule has 3 aromatic rings. The van der Waals surface area contributed by atoms with Gasteiger partial charge in [0, 0.05) is 13.0 Å². The number of rotatable bonds is 7. The number of para-hydroxylation sites is 1. The topological polar surface area (TPSA) is 51.2 Å². The second-order valence-corrected chi connectivity index (χ2v) is 6.67. The number of carbonyl (C=O) groups excluding carboxylic acids is 1. The van der Waals surface area contributed by atoms with Gasteiger partial charge in [0.15, 0.2) is 0 Å². The minimum absolute atomic E-state index is 0.0458. The maximum absolute atomic E-state index is 12.0. The van der Waals surface area contributed by atoms with Gasteiger partial charge in [-0.25, -0.2) is 4.98 Å². The van der Waals surface area contributed by atoms with Crippen molar-refractivity contribution in [2.24, 2.45) is 0 Å². The van der Waals surface area contributed by atoms with E-state index in [1.54, 1.807) is 18.4 Å². The first-order valence-corrected chi connectivity index (χ1v) is 8.80. The van der Waals surface area contributed by atoms with Gasteiger partial charge in [-0.1, -0.05) is 24.3 Å². The second-order valence-electron chi connectivity index (χ2n) is 5.55. The summed E-state index contributed by atoms with van der Waals surface area (Å²) in [5.41, 5.74) is 2.04. The SMILES string of the molecule is COc1ccc(CC(=O)NCCCc2nc3ccccc3s2)cc1. The highest BCUT2D eigenvalue weighted by atomic mass is 32.1. The van der Waals surface area contributed by atoms with Crippen LogP contribution in [0.2, 0.25) is 0 Å². The summed E-state index contributed by atoms with van der Waals surface area (Å²) in [5.74, 6) is 0.847. The summed E-state index contributed by atoms with van der Waals surface area (Å²) in [6, 6.07) is 15.7. The fourth-order valence-corrected chi connectivity index (χ4v) is 3.49. The van der Waals surface area contributed by atoms with Crippen LogP contribution >= 0.6 is 11.3 Å². The van der Waals surface area contributed by atoms with Crippen molar-refractivity contribution in [3.05, 3.63) is 59.1 Å². The molecule has 0 radical (unpaired) electrons. The Morgan fingerprint density at radius 3 is 2.71 bits per heavy atom. The van der Waals surface area contributed by atoms with E-state index in [9.17, 15) is 4.79 Å². The third-order valence-electron chi connectivity index (χ3n) is 3.75. The van der Waals surface area contributed by atoms with Gasteiger partial charge in [-0.15, -0.1) is 11.3 Å². The van der Waals surface area contributed by atoms with E-state index >= 15 is 0 Å². The number of thiazole rings is 1. The molecule has 5 heteroatoms. The molecule has 0 atom stereocenters. The lowest BCUT2D eigenvalue weighted by atomic mass is 10.1. The zero-order chi connectivity index (χ0) is 16.8. The lowest BCUT2D eigenvalue weighted by molar-refractivity contribution is -0.120. The molecule has 0 fully saturated rings. The Hall–Kier alpha value is -2.40. The van der Waals surface area contributed by atoms with Crippen LogP contribution in [0.4, 0.5) is 0 Å². The number of methoxy groups -OCH3 is 1. The second kappa shape index (κ2) is 7.93. The highest BCUT2D eigenvalue weighted by molar-refractivity contribution is 7.18. The molecule has 0 aliphatic carbocycles. The van der Waals surface area contributed by atoms with E-state index in [2.05, 4.69) is 16.4 Å². The zero-order valence-electron chi connectivity index (χ0n) is 13.6. The number of carbonyl (C=O) groups is 1. The van der Waals surface area contributed by atoms with Crippen molar-refractivity contribution in [1.29, 1.82) is 0 Å². The first-order chi connectivity index (χ1) is 11.7. The molecule has 24 heavy (non-hydrogen) atoms. The summed E-state index contributed by atoms with van der Waals surface area (Å²) in [6.07, 6.45) is 2.18. The van der Waals surface area contributed by atoms with Crippen LogP contribution in [0.25, 0.3) is 10.2 Å². The Labute approximate surface area is 145 Å². The molecule has 0 aliphatic heterocycles. The third-order valence-corrected chi connectivity index (χ3v) is 4.85. The molecular formula is C19H20N2O2S. The monoisotopic (exact) mass is 340 g/mol. The maximum Gasteiger partial charge on any atom is 0.224 e. The van der Waals surface area contributed by atoms with E-state index in [1.165, 1.54) is 4.70 Å². The van der Waals surface area contributed by atoms with Gasteiger partial charge in [-0.05, 0) is 36.2 Å². The summed E-state index contributed by atoms with van der Waals surface area (Å²) in [4.78, 5) is 16.6. The average Bonchev–Trinajstić information content (AvgIpc) is 3.02. The minimum Gasteiger partial charge on any atom is -0.497 e. The summed E-state index contributed by atoms with van der Waals surface area (Å²) in [6.45, 7) is 0.672. The summed E-state index contributed by atoms with van der Waals surface area (Å²) in [7, 11) is 1.63. The largest absolute Gasteiger partial charge is 0.497 e. The van der Waals surface area contributed by atoms with Crippen LogP contribution in [0.1, 0.15) is 17.0 Å². The van der Waals surface area contributed by atoms with Crippen molar-refractivity contribution in [1.82, 2.24) is 10.3 Å². The predicted octanol–water partition coefficient (Wildman–Crippen LogP) is 3.60. The number of hydrogen-bond acceptors (Lipinski definition) is 4. The Balaban J connectivity index is 1.41. The summed E-state index contributed by atoms with van der Waals surface area (Å²) in [5, 5.41) is 4.10. The first-order valence-electron chi connectivity index (χ1n) is 7.98. The molecule has 0 saturated carbocycles. The fourth-order valence-electron chi connectivity index (χ4n) is 2.49. The predicted molar refractivity (Wildman–Crippen MR) is 97.6 cm³/mol. The van der Waals surface area contributed by atoms with Crippen molar-refractivity contribution in [3.8, 4) is 5.75 Å². The molecule has 0 bridgehead atoms. The van der Waals surface area contributed by atoms with E-state index in [0.717, 1.165) is 34.7 Å². The minimum atomic E-state index is 0.0458. The molecule has 124 valence electrons. The molecule has 1 N–H and O–H groups in total. The van der Waals surface area contributed by atoms with Crippen LogP contribution in [-0.2, 0) is 17.6 Å². The lowest BCUT2D eigenvalue weighted by Crippen LogP contribution is -2.26. The highest BCUT2D eigenvalue weighted by Gasteiger charge is 2.05. The van der Waals surface area contributed by atoms with Crippen molar-refractivity contribution >= 4 is 27.5 Å². The molecular weight excluding hydrogens is 320 g/mol. The van der Waals surface area contributed by atoms with Crippen LogP contribution in [0.3, 0.4) is 0 Å². The first kappa shape index (κ1) is 16.5. The number of fused-ring (bicyclic) bond motifs is 1. The molecule has 0 spiro atoms. The van der Waals surface area contributed by atoms with E-state index in [0.29, 0.717) is 13.0 Å². The number of nitrogens with one attached hydrogen (secondary N) is 1. The van der Waals surface area contributed by atoms with E-state index in [-0.39, 0.29) is 5.91 Å². The van der Waals surface area contributed by atoms with Crippen molar-refractivity contribution in [3.63, 3.8) is 0 Å². The number of amides is 1. The molecule has 0 aliphatic rings. The molecule has 1 heterocycles. The fraction of sp³-hybridized carbons (Fsp3) is 0.263. The molecule has 4 nitrogen and oxygen atoms in total. The van der Waals surface area contributed by atoms with Gasteiger partial charge in [-0.2, -0.15) is 0 Å². The lowest BCUT2D eigenvalue weighted by Gasteiger charge is -2.05. The smallest absolute Gasteiger partial charge is 0.224 e. The standard InChI is InChI=1S/C19H20N2O2S/c1-23-15-10-8-14(9-11-15)13-18(22)20-12-4-7-19-21-16-5-2-3-6-17(16)24-19/h2-3,5-6,8-11H,4,7,12-13H2,1H3,(H,20,22). The number of hydrogen-bond donors (Lipinski definition) is 1. The van der Waals surface area contributed by atoms with Gasteiger partial charge < -0.3 is 10.1 Å². The number of aryl methyl sites for hydroxylation is 1. The summed E-state index contributed by atoms with van der Waals surface area (Å²) >= 11 is 1.73. The van der Waals surface area contributed by atoms with Crippen LogP contribution in [-0.4, -0.2) is 24.5 Å². The van der Waals surface area contributed by atoms with E-state index in [1.807, 2.05) is 42.5 Å². The number of nitrogens with zero attached hydrogens (tertiary/aromatic N) is 1. The van der Waals surface area contributed by atoms with E-state index in [4.69, 9.17) is 4.74 Å². The number of benzene rings is 2. The van der Waals surface area contributed by atoms with Crippen LogP contribution in [0, 0.1) is 0 Å². The quantitative estimate of drug-likeness (QED) is 0.669. The molecule has 0 saturated heterocycles. The molecule has 1 aromatic heterocycles. The Bertz CT molecular complexity index is 779. The summed E-state index contributed by atoms with van der Waals surface area (Å²) < 4.78 is 6.33. The maximum atomic E-state index is 12.0. The molecule has 1 amide bonds. The molecule has 0 unspecified atom stereocenters. The van der Waals surface area contributed by atoms with Crippen molar-refractivity contribution < 1.29 is 9.53 Å². The van der Waals surface area contributed by atoms with Gasteiger partial charge in [0.1, 0.15) is 5.75 Å². The van der Waals surface area contributed by atoms with Gasteiger partial charge in [0.2, 0.25) is 5.91 Å².